The number of hydrogen-bond acceptors (Lipinski definition) is 6. The van der Waals surface area contributed by atoms with E-state index in [0.29, 0.717) is 12.0 Å². The van der Waals surface area contributed by atoms with Crippen LogP contribution in [0.15, 0.2) is 30.3 Å². The zero-order valence-corrected chi connectivity index (χ0v) is 18.7. The number of rotatable bonds is 9. The van der Waals surface area contributed by atoms with Crippen molar-refractivity contribution in [3.05, 3.63) is 35.9 Å². The summed E-state index contributed by atoms with van der Waals surface area (Å²) >= 11 is 0. The standard InChI is InChI=1S/C22H33O6P/c1-5-20-21(12-16(3)26-20)28-29(4,24)25-14-22-15(2)11-18(27-22)13-19(23)17-9-7-6-8-10-17/h6-10,15-16,18,20-22H,5,11-14H2,1-4H3/t15-,16-,18+,20+,21-,22+,29-/m0/s1. The highest BCUT2D eigenvalue weighted by atomic mass is 31.2. The van der Waals surface area contributed by atoms with E-state index in [9.17, 15) is 9.36 Å². The van der Waals surface area contributed by atoms with Gasteiger partial charge >= 0.3 is 7.60 Å². The van der Waals surface area contributed by atoms with Gasteiger partial charge in [0.15, 0.2) is 5.78 Å². The van der Waals surface area contributed by atoms with Crippen molar-refractivity contribution in [2.24, 2.45) is 5.92 Å². The highest BCUT2D eigenvalue weighted by Gasteiger charge is 2.39. The molecule has 7 atom stereocenters. The van der Waals surface area contributed by atoms with E-state index in [1.54, 1.807) is 0 Å². The summed E-state index contributed by atoms with van der Waals surface area (Å²) in [5.74, 6) is 0.302. The molecule has 2 fully saturated rings. The van der Waals surface area contributed by atoms with Crippen molar-refractivity contribution in [3.8, 4) is 0 Å². The summed E-state index contributed by atoms with van der Waals surface area (Å²) < 4.78 is 36.2. The largest absolute Gasteiger partial charge is 0.372 e. The van der Waals surface area contributed by atoms with E-state index in [0.717, 1.165) is 19.3 Å². The van der Waals surface area contributed by atoms with Crippen LogP contribution in [0, 0.1) is 5.92 Å². The Morgan fingerprint density at radius 3 is 2.55 bits per heavy atom. The molecule has 162 valence electrons. The molecule has 0 aliphatic carbocycles. The maximum Gasteiger partial charge on any atom is 0.328 e. The van der Waals surface area contributed by atoms with Crippen LogP contribution in [0.5, 0.6) is 0 Å². The Kier molecular flexibility index (Phi) is 7.69. The minimum atomic E-state index is -3.22. The van der Waals surface area contributed by atoms with Crippen LogP contribution >= 0.6 is 7.60 Å². The van der Waals surface area contributed by atoms with Crippen molar-refractivity contribution in [1.82, 2.24) is 0 Å². The van der Waals surface area contributed by atoms with Crippen molar-refractivity contribution in [1.29, 1.82) is 0 Å². The first-order valence-electron chi connectivity index (χ1n) is 10.6. The second-order valence-electron chi connectivity index (χ2n) is 8.34. The van der Waals surface area contributed by atoms with E-state index < -0.39 is 7.60 Å². The molecule has 2 aliphatic rings. The molecule has 29 heavy (non-hydrogen) atoms. The minimum absolute atomic E-state index is 0.0445. The van der Waals surface area contributed by atoms with Gasteiger partial charge in [0.05, 0.1) is 37.1 Å². The molecule has 2 heterocycles. The smallest absolute Gasteiger partial charge is 0.328 e. The molecule has 1 aromatic rings. The molecule has 0 spiro atoms. The molecule has 7 heteroatoms. The molecule has 0 aromatic heterocycles. The van der Waals surface area contributed by atoms with Crippen molar-refractivity contribution in [2.75, 3.05) is 13.3 Å². The SMILES string of the molecule is CC[C@H]1O[C@@H](C)C[C@@H]1O[P@@](C)(=O)OC[C@H]1O[C@@H](CC(=O)c2ccccc2)C[C@@H]1C. The fourth-order valence-electron chi connectivity index (χ4n) is 4.16. The molecule has 0 unspecified atom stereocenters. The van der Waals surface area contributed by atoms with Gasteiger partial charge in [-0.3, -0.25) is 9.36 Å². The second kappa shape index (κ2) is 9.84. The summed E-state index contributed by atoms with van der Waals surface area (Å²) in [5, 5.41) is 0. The Hall–Kier alpha value is -1.04. The highest BCUT2D eigenvalue weighted by molar-refractivity contribution is 7.53. The molecule has 0 radical (unpaired) electrons. The van der Waals surface area contributed by atoms with Gasteiger partial charge in [0.25, 0.3) is 0 Å². The molecule has 0 saturated carbocycles. The van der Waals surface area contributed by atoms with Crippen molar-refractivity contribution in [2.45, 2.75) is 77.0 Å². The van der Waals surface area contributed by atoms with Gasteiger partial charge in [-0.15, -0.1) is 0 Å². The van der Waals surface area contributed by atoms with E-state index >= 15 is 0 Å². The maximum atomic E-state index is 12.8. The maximum absolute atomic E-state index is 12.8. The third-order valence-electron chi connectivity index (χ3n) is 5.73. The van der Waals surface area contributed by atoms with Crippen LogP contribution in [-0.4, -0.2) is 49.6 Å². The minimum Gasteiger partial charge on any atom is -0.372 e. The average molecular weight is 424 g/mol. The third-order valence-corrected chi connectivity index (χ3v) is 7.01. The van der Waals surface area contributed by atoms with Gasteiger partial charge in [-0.1, -0.05) is 44.2 Å². The fraction of sp³-hybridized carbons (Fsp3) is 0.682. The van der Waals surface area contributed by atoms with Crippen molar-refractivity contribution in [3.63, 3.8) is 0 Å². The Morgan fingerprint density at radius 2 is 1.86 bits per heavy atom. The Balaban J connectivity index is 1.47. The van der Waals surface area contributed by atoms with Crippen LogP contribution in [0.4, 0.5) is 0 Å². The molecule has 6 nitrogen and oxygen atoms in total. The lowest BCUT2D eigenvalue weighted by atomic mass is 9.98. The van der Waals surface area contributed by atoms with E-state index in [1.165, 1.54) is 6.66 Å². The lowest BCUT2D eigenvalue weighted by Gasteiger charge is -2.24. The molecule has 2 saturated heterocycles. The fourth-order valence-corrected chi connectivity index (χ4v) is 5.36. The lowest BCUT2D eigenvalue weighted by Crippen LogP contribution is -2.25. The van der Waals surface area contributed by atoms with Crippen LogP contribution in [-0.2, 0) is 23.1 Å². The van der Waals surface area contributed by atoms with Crippen LogP contribution in [0.1, 0.15) is 56.8 Å². The molecular weight excluding hydrogens is 391 g/mol. The summed E-state index contributed by atoms with van der Waals surface area (Å²) in [6.45, 7) is 7.82. The Bertz CT molecular complexity index is 723. The molecule has 2 aliphatic heterocycles. The number of benzene rings is 1. The summed E-state index contributed by atoms with van der Waals surface area (Å²) in [5.41, 5.74) is 0.702. The Morgan fingerprint density at radius 1 is 1.14 bits per heavy atom. The van der Waals surface area contributed by atoms with Gasteiger partial charge in [-0.2, -0.15) is 0 Å². The summed E-state index contributed by atoms with van der Waals surface area (Å²) in [4.78, 5) is 12.4. The molecule has 1 aromatic carbocycles. The number of Topliss-reactive ketones (excluding diaryl/α,β-unsaturated/α-hetero) is 1. The third kappa shape index (κ3) is 6.22. The first-order valence-corrected chi connectivity index (χ1v) is 12.6. The molecule has 0 bridgehead atoms. The predicted octanol–water partition coefficient (Wildman–Crippen LogP) is 4.87. The zero-order valence-electron chi connectivity index (χ0n) is 17.8. The molecular formula is C22H33O6P. The lowest BCUT2D eigenvalue weighted by molar-refractivity contribution is -0.00548. The number of carbonyl (C=O) groups is 1. The number of ether oxygens (including phenoxy) is 2. The number of hydrogen-bond donors (Lipinski definition) is 0. The van der Waals surface area contributed by atoms with Gasteiger partial charge in [-0.25, -0.2) is 0 Å². The summed E-state index contributed by atoms with van der Waals surface area (Å²) in [6.07, 6.45) is 2.19. The Labute approximate surface area is 173 Å². The van der Waals surface area contributed by atoms with Gasteiger partial charge in [0, 0.05) is 25.1 Å². The monoisotopic (exact) mass is 424 g/mol. The summed E-state index contributed by atoms with van der Waals surface area (Å²) in [6, 6.07) is 9.26. The first-order chi connectivity index (χ1) is 13.8. The predicted molar refractivity (Wildman–Crippen MR) is 111 cm³/mol. The zero-order chi connectivity index (χ0) is 21.0. The van der Waals surface area contributed by atoms with E-state index in [4.69, 9.17) is 18.5 Å². The second-order valence-corrected chi connectivity index (χ2v) is 10.4. The van der Waals surface area contributed by atoms with E-state index in [2.05, 4.69) is 6.92 Å². The van der Waals surface area contributed by atoms with Gasteiger partial charge in [0.1, 0.15) is 0 Å². The first kappa shape index (κ1) is 22.6. The van der Waals surface area contributed by atoms with Crippen LogP contribution in [0.3, 0.4) is 0 Å². The van der Waals surface area contributed by atoms with Gasteiger partial charge < -0.3 is 18.5 Å². The van der Waals surface area contributed by atoms with Crippen LogP contribution in [0.2, 0.25) is 0 Å². The summed E-state index contributed by atoms with van der Waals surface area (Å²) in [7, 11) is -3.22. The van der Waals surface area contributed by atoms with Crippen molar-refractivity contribution < 1.29 is 27.9 Å². The van der Waals surface area contributed by atoms with Crippen molar-refractivity contribution >= 4 is 13.4 Å². The van der Waals surface area contributed by atoms with E-state index in [1.807, 2.05) is 44.2 Å². The molecule has 0 N–H and O–H groups in total. The normalized spacial score (nSPS) is 34.2. The molecule has 0 amide bonds. The van der Waals surface area contributed by atoms with Gasteiger partial charge in [-0.05, 0) is 25.7 Å². The average Bonchev–Trinajstić information content (AvgIpc) is 3.21. The van der Waals surface area contributed by atoms with Crippen LogP contribution < -0.4 is 0 Å². The van der Waals surface area contributed by atoms with E-state index in [-0.39, 0.29) is 48.8 Å². The van der Waals surface area contributed by atoms with Crippen LogP contribution in [0.25, 0.3) is 0 Å². The number of carbonyl (C=O) groups excluding carboxylic acids is 1. The quantitative estimate of drug-likeness (QED) is 0.416. The number of ketones is 1. The highest BCUT2D eigenvalue weighted by Crippen LogP contribution is 2.48. The van der Waals surface area contributed by atoms with Gasteiger partial charge in [0.2, 0.25) is 0 Å². The topological polar surface area (TPSA) is 71.1 Å². The molecule has 3 rings (SSSR count).